The summed E-state index contributed by atoms with van der Waals surface area (Å²) in [7, 11) is 0. The number of carbonyl (C=O) groups is 2. The molecule has 2 atom stereocenters. The monoisotopic (exact) mass is 215 g/mol. The van der Waals surface area contributed by atoms with Crippen LogP contribution >= 0.6 is 0 Å². The zero-order valence-electron chi connectivity index (χ0n) is 8.53. The highest BCUT2D eigenvalue weighted by molar-refractivity contribution is 5.82. The van der Waals surface area contributed by atoms with Crippen LogP contribution in [0.2, 0.25) is 0 Å². The molecule has 5 heteroatoms. The minimum atomic E-state index is -1.18. The van der Waals surface area contributed by atoms with Crippen LogP contribution in [-0.4, -0.2) is 18.8 Å². The second-order valence-electron chi connectivity index (χ2n) is 4.08. The Bertz CT molecular complexity index is 309. The second kappa shape index (κ2) is 4.00. The number of aliphatic carboxylic acids is 1. The van der Waals surface area contributed by atoms with E-state index in [9.17, 15) is 19.1 Å². The first kappa shape index (κ1) is 11.7. The van der Waals surface area contributed by atoms with Crippen LogP contribution < -0.4 is 5.11 Å². The lowest BCUT2D eigenvalue weighted by Crippen LogP contribution is -2.26. The van der Waals surface area contributed by atoms with Crippen molar-refractivity contribution in [2.24, 2.45) is 17.3 Å². The number of ether oxygens (including phenoxy) is 1. The van der Waals surface area contributed by atoms with Crippen LogP contribution in [0.1, 0.15) is 13.8 Å². The molecule has 1 aliphatic carbocycles. The van der Waals surface area contributed by atoms with Gasteiger partial charge < -0.3 is 14.6 Å². The SMILES string of the molecule is CC1(C)C(/C=C/C(=O)OCF)C1C(=O)[O-]. The van der Waals surface area contributed by atoms with Crippen LogP contribution in [0.15, 0.2) is 12.2 Å². The van der Waals surface area contributed by atoms with Crippen LogP contribution in [0.4, 0.5) is 4.39 Å². The zero-order valence-corrected chi connectivity index (χ0v) is 8.53. The number of esters is 1. The number of hydrogen-bond donors (Lipinski definition) is 0. The minimum absolute atomic E-state index is 0.255. The van der Waals surface area contributed by atoms with Gasteiger partial charge in [0.2, 0.25) is 6.86 Å². The van der Waals surface area contributed by atoms with Gasteiger partial charge in [-0.3, -0.25) is 0 Å². The van der Waals surface area contributed by atoms with Gasteiger partial charge in [0.1, 0.15) is 0 Å². The Morgan fingerprint density at radius 3 is 2.53 bits per heavy atom. The Morgan fingerprint density at radius 2 is 2.13 bits per heavy atom. The molecule has 0 heterocycles. The van der Waals surface area contributed by atoms with E-state index in [-0.39, 0.29) is 5.92 Å². The molecule has 1 aliphatic rings. The standard InChI is InChI=1S/C10H13FO4/c1-10(2)6(8(10)9(13)14)3-4-7(12)15-5-11/h3-4,6,8H,5H2,1-2H3,(H,13,14)/p-1/b4-3+. The van der Waals surface area contributed by atoms with Gasteiger partial charge in [0, 0.05) is 18.0 Å². The first-order chi connectivity index (χ1) is 6.91. The molecule has 1 fully saturated rings. The quantitative estimate of drug-likeness (QED) is 0.490. The molecular formula is C10H12FO4-. The molecule has 0 aromatic carbocycles. The molecule has 1 saturated carbocycles. The van der Waals surface area contributed by atoms with Crippen molar-refractivity contribution in [3.8, 4) is 0 Å². The Morgan fingerprint density at radius 1 is 1.53 bits per heavy atom. The number of rotatable bonds is 4. The average molecular weight is 215 g/mol. The fraction of sp³-hybridized carbons (Fsp3) is 0.600. The van der Waals surface area contributed by atoms with Gasteiger partial charge in [0.15, 0.2) is 0 Å². The summed E-state index contributed by atoms with van der Waals surface area (Å²) in [5.74, 6) is -2.78. The van der Waals surface area contributed by atoms with E-state index in [0.717, 1.165) is 6.08 Å². The van der Waals surface area contributed by atoms with Gasteiger partial charge >= 0.3 is 5.97 Å². The molecule has 0 aromatic rings. The third-order valence-corrected chi connectivity index (χ3v) is 2.80. The van der Waals surface area contributed by atoms with Crippen molar-refractivity contribution in [3.63, 3.8) is 0 Å². The van der Waals surface area contributed by atoms with Crippen LogP contribution in [0, 0.1) is 17.3 Å². The summed E-state index contributed by atoms with van der Waals surface area (Å²) in [6.45, 7) is 2.35. The number of allylic oxidation sites excluding steroid dienone is 1. The number of carboxylic acids is 1. The Labute approximate surface area is 86.7 Å². The lowest BCUT2D eigenvalue weighted by atomic mass is 10.1. The third-order valence-electron chi connectivity index (χ3n) is 2.80. The topological polar surface area (TPSA) is 66.4 Å². The highest BCUT2D eigenvalue weighted by Crippen LogP contribution is 2.58. The summed E-state index contributed by atoms with van der Waals surface area (Å²) in [5, 5.41) is 10.6. The summed E-state index contributed by atoms with van der Waals surface area (Å²) in [5.41, 5.74) is -0.411. The van der Waals surface area contributed by atoms with Gasteiger partial charge in [-0.25, -0.2) is 9.18 Å². The first-order valence-corrected chi connectivity index (χ1v) is 4.53. The molecule has 2 unspecified atom stereocenters. The highest BCUT2D eigenvalue weighted by atomic mass is 19.1. The largest absolute Gasteiger partial charge is 0.550 e. The molecule has 1 rings (SSSR count). The summed E-state index contributed by atoms with van der Waals surface area (Å²) in [4.78, 5) is 21.4. The molecule has 4 nitrogen and oxygen atoms in total. The molecule has 0 spiro atoms. The second-order valence-corrected chi connectivity index (χ2v) is 4.08. The number of hydrogen-bond acceptors (Lipinski definition) is 4. The van der Waals surface area contributed by atoms with Gasteiger partial charge in [-0.2, -0.15) is 0 Å². The fourth-order valence-corrected chi connectivity index (χ4v) is 1.77. The van der Waals surface area contributed by atoms with Gasteiger partial charge in [0.05, 0.1) is 0 Å². The summed E-state index contributed by atoms with van der Waals surface area (Å²) in [6.07, 6.45) is 2.48. The smallest absolute Gasteiger partial charge is 0.332 e. The van der Waals surface area contributed by atoms with Crippen molar-refractivity contribution in [2.45, 2.75) is 13.8 Å². The molecule has 0 amide bonds. The summed E-state index contributed by atoms with van der Waals surface area (Å²) < 4.78 is 15.6. The van der Waals surface area contributed by atoms with Crippen molar-refractivity contribution in [3.05, 3.63) is 12.2 Å². The number of alkyl halides is 1. The number of halogens is 1. The van der Waals surface area contributed by atoms with Gasteiger partial charge in [-0.1, -0.05) is 19.9 Å². The Kier molecular flexibility index (Phi) is 3.12. The molecule has 0 aliphatic heterocycles. The van der Waals surface area contributed by atoms with Crippen molar-refractivity contribution in [1.29, 1.82) is 0 Å². The van der Waals surface area contributed by atoms with E-state index < -0.39 is 30.1 Å². The molecule has 0 N–H and O–H groups in total. The maximum atomic E-state index is 11.6. The van der Waals surface area contributed by atoms with E-state index in [4.69, 9.17) is 0 Å². The molecule has 0 saturated heterocycles. The van der Waals surface area contributed by atoms with Crippen LogP contribution in [0.5, 0.6) is 0 Å². The Hall–Kier alpha value is -1.39. The van der Waals surface area contributed by atoms with Crippen LogP contribution in [0.3, 0.4) is 0 Å². The first-order valence-electron chi connectivity index (χ1n) is 4.53. The van der Waals surface area contributed by atoms with Gasteiger partial charge in [0.25, 0.3) is 0 Å². The summed E-state index contributed by atoms with van der Waals surface area (Å²) >= 11 is 0. The normalized spacial score (nSPS) is 27.7. The maximum Gasteiger partial charge on any atom is 0.332 e. The van der Waals surface area contributed by atoms with Crippen molar-refractivity contribution in [2.75, 3.05) is 6.86 Å². The van der Waals surface area contributed by atoms with E-state index in [0.29, 0.717) is 0 Å². The highest BCUT2D eigenvalue weighted by Gasteiger charge is 2.56. The van der Waals surface area contributed by atoms with E-state index in [2.05, 4.69) is 4.74 Å². The van der Waals surface area contributed by atoms with Gasteiger partial charge in [-0.05, 0) is 11.3 Å². The van der Waals surface area contributed by atoms with Crippen molar-refractivity contribution in [1.82, 2.24) is 0 Å². The molecule has 0 radical (unpaired) electrons. The number of carbonyl (C=O) groups excluding carboxylic acids is 2. The maximum absolute atomic E-state index is 11.6. The lowest BCUT2D eigenvalue weighted by Gasteiger charge is -2.01. The fourth-order valence-electron chi connectivity index (χ4n) is 1.77. The molecule has 84 valence electrons. The third kappa shape index (κ3) is 2.34. The van der Waals surface area contributed by atoms with Crippen LogP contribution in [0.25, 0.3) is 0 Å². The van der Waals surface area contributed by atoms with Gasteiger partial charge in [-0.15, -0.1) is 0 Å². The molecular weight excluding hydrogens is 203 g/mol. The molecule has 0 bridgehead atoms. The van der Waals surface area contributed by atoms with E-state index in [1.54, 1.807) is 13.8 Å². The van der Waals surface area contributed by atoms with E-state index >= 15 is 0 Å². The molecule has 0 aromatic heterocycles. The average Bonchev–Trinajstić information content (AvgIpc) is 2.65. The van der Waals surface area contributed by atoms with E-state index in [1.807, 2.05) is 0 Å². The lowest BCUT2D eigenvalue weighted by molar-refractivity contribution is -0.309. The minimum Gasteiger partial charge on any atom is -0.550 e. The Balaban J connectivity index is 2.55. The van der Waals surface area contributed by atoms with Crippen molar-refractivity contribution < 1.29 is 23.8 Å². The predicted molar refractivity (Wildman–Crippen MR) is 47.0 cm³/mol. The van der Waals surface area contributed by atoms with Crippen molar-refractivity contribution >= 4 is 11.9 Å². The zero-order chi connectivity index (χ0) is 11.6. The van der Waals surface area contributed by atoms with Crippen LogP contribution in [-0.2, 0) is 14.3 Å². The summed E-state index contributed by atoms with van der Waals surface area (Å²) in [6, 6.07) is 0. The number of carboxylic acid groups (broad SMARTS) is 1. The van der Waals surface area contributed by atoms with E-state index in [1.165, 1.54) is 6.08 Å². The predicted octanol–water partition coefficient (Wildman–Crippen LogP) is 0.0349. The molecule has 15 heavy (non-hydrogen) atoms.